The fourth-order valence-corrected chi connectivity index (χ4v) is 3.09. The van der Waals surface area contributed by atoms with Crippen LogP contribution in [0.25, 0.3) is 6.08 Å². The normalized spacial score (nSPS) is 14.9. The monoisotopic (exact) mass is 433 g/mol. The molecule has 2 aromatic carbocycles. The van der Waals surface area contributed by atoms with Crippen molar-refractivity contribution in [3.05, 3.63) is 68.4 Å². The Bertz CT molecular complexity index is 1040. The van der Waals surface area contributed by atoms with Crippen LogP contribution in [0, 0.1) is 10.1 Å². The highest BCUT2D eigenvalue weighted by Gasteiger charge is 2.27. The van der Waals surface area contributed by atoms with E-state index in [0.717, 1.165) is 5.56 Å². The number of nitrogens with one attached hydrogen (secondary N) is 1. The molecule has 150 valence electrons. The quantitative estimate of drug-likeness (QED) is 0.322. The zero-order valence-electron chi connectivity index (χ0n) is 15.5. The molecule has 1 saturated heterocycles. The van der Waals surface area contributed by atoms with Gasteiger partial charge in [-0.3, -0.25) is 19.8 Å². The van der Waals surface area contributed by atoms with E-state index in [4.69, 9.17) is 33.3 Å². The first-order valence-electron chi connectivity index (χ1n) is 8.34. The van der Waals surface area contributed by atoms with E-state index in [-0.39, 0.29) is 23.2 Å². The number of methoxy groups -OCH3 is 1. The summed E-state index contributed by atoms with van der Waals surface area (Å²) in [5.41, 5.74) is 1.70. The molecule has 1 N–H and O–H groups in total. The maximum Gasteiger partial charge on any atom is 0.276 e. The molecule has 1 fully saturated rings. The summed E-state index contributed by atoms with van der Waals surface area (Å²) in [5.74, 6) is 0.674. The van der Waals surface area contributed by atoms with Crippen LogP contribution in [0.5, 0.6) is 11.5 Å². The Hall–Kier alpha value is -3.17. The summed E-state index contributed by atoms with van der Waals surface area (Å²) in [6.45, 7) is 0.109. The summed E-state index contributed by atoms with van der Waals surface area (Å²) in [6.07, 6.45) is 1.68. The zero-order valence-corrected chi connectivity index (χ0v) is 17.0. The number of nitrogens with zero attached hydrogens (tertiary/aromatic N) is 2. The number of nitro groups is 1. The molecule has 1 amide bonds. The van der Waals surface area contributed by atoms with Gasteiger partial charge < -0.3 is 14.8 Å². The number of ether oxygens (including phenoxy) is 2. The number of non-ortho nitro benzene ring substituents is 1. The predicted molar refractivity (Wildman–Crippen MR) is 112 cm³/mol. The molecule has 0 atom stereocenters. The van der Waals surface area contributed by atoms with E-state index in [0.29, 0.717) is 27.9 Å². The smallest absolute Gasteiger partial charge is 0.276 e. The number of nitro benzene ring substituents is 1. The number of carbonyl (C=O) groups excluding carboxylic acids is 1. The first kappa shape index (κ1) is 20.6. The Balaban J connectivity index is 1.82. The lowest BCUT2D eigenvalue weighted by Gasteiger charge is -2.12. The zero-order chi connectivity index (χ0) is 21.1. The highest BCUT2D eigenvalue weighted by atomic mass is 35.5. The number of hydrogen-bond acceptors (Lipinski definition) is 6. The molecular formula is C19H16ClN3O5S. The highest BCUT2D eigenvalue weighted by Crippen LogP contribution is 2.30. The molecule has 8 nitrogen and oxygen atoms in total. The van der Waals surface area contributed by atoms with Crippen molar-refractivity contribution in [2.24, 2.45) is 0 Å². The van der Waals surface area contributed by atoms with Crippen molar-refractivity contribution in [1.29, 1.82) is 0 Å². The maximum absolute atomic E-state index is 12.1. The predicted octanol–water partition coefficient (Wildman–Crippen LogP) is 3.52. The average Bonchev–Trinajstić information content (AvgIpc) is 2.93. The van der Waals surface area contributed by atoms with Gasteiger partial charge in [-0.05, 0) is 42.1 Å². The van der Waals surface area contributed by atoms with E-state index in [1.807, 2.05) is 0 Å². The van der Waals surface area contributed by atoms with Gasteiger partial charge in [0.1, 0.15) is 23.8 Å². The number of carbonyl (C=O) groups is 1. The lowest BCUT2D eigenvalue weighted by molar-refractivity contribution is -0.384. The lowest BCUT2D eigenvalue weighted by Crippen LogP contribution is -2.25. The van der Waals surface area contributed by atoms with Crippen molar-refractivity contribution in [2.75, 3.05) is 14.2 Å². The third-order valence-electron chi connectivity index (χ3n) is 4.21. The molecule has 0 bridgehead atoms. The van der Waals surface area contributed by atoms with Gasteiger partial charge in [0.25, 0.3) is 11.6 Å². The molecule has 0 saturated carbocycles. The topological polar surface area (TPSA) is 93.9 Å². The van der Waals surface area contributed by atoms with Crippen LogP contribution in [0.3, 0.4) is 0 Å². The van der Waals surface area contributed by atoms with Crippen LogP contribution in [0.15, 0.2) is 42.1 Å². The van der Waals surface area contributed by atoms with Gasteiger partial charge in [0.05, 0.1) is 17.1 Å². The first-order chi connectivity index (χ1) is 13.8. The van der Waals surface area contributed by atoms with Crippen LogP contribution in [0.4, 0.5) is 5.69 Å². The molecule has 0 aromatic heterocycles. The summed E-state index contributed by atoms with van der Waals surface area (Å²) >= 11 is 11.1. The summed E-state index contributed by atoms with van der Waals surface area (Å²) in [7, 11) is 3.13. The molecule has 0 radical (unpaired) electrons. The lowest BCUT2D eigenvalue weighted by atomic mass is 10.1. The van der Waals surface area contributed by atoms with E-state index in [1.54, 1.807) is 31.3 Å². The fourth-order valence-electron chi connectivity index (χ4n) is 2.67. The highest BCUT2D eigenvalue weighted by molar-refractivity contribution is 7.80. The van der Waals surface area contributed by atoms with Crippen molar-refractivity contribution in [3.8, 4) is 11.5 Å². The van der Waals surface area contributed by atoms with Crippen LogP contribution in [0.1, 0.15) is 11.1 Å². The molecule has 0 spiro atoms. The second kappa shape index (κ2) is 8.46. The van der Waals surface area contributed by atoms with E-state index in [9.17, 15) is 14.9 Å². The van der Waals surface area contributed by atoms with Crippen molar-refractivity contribution in [2.45, 2.75) is 6.61 Å². The summed E-state index contributed by atoms with van der Waals surface area (Å²) in [6, 6.07) is 9.34. The summed E-state index contributed by atoms with van der Waals surface area (Å²) in [4.78, 5) is 23.8. The van der Waals surface area contributed by atoms with Crippen molar-refractivity contribution in [3.63, 3.8) is 0 Å². The number of benzene rings is 2. The molecule has 1 aliphatic heterocycles. The van der Waals surface area contributed by atoms with Gasteiger partial charge in [-0.25, -0.2) is 0 Å². The van der Waals surface area contributed by atoms with E-state index >= 15 is 0 Å². The van der Waals surface area contributed by atoms with Crippen molar-refractivity contribution in [1.82, 2.24) is 10.2 Å². The van der Waals surface area contributed by atoms with Crippen LogP contribution < -0.4 is 14.8 Å². The van der Waals surface area contributed by atoms with E-state index in [1.165, 1.54) is 30.2 Å². The molecule has 1 aliphatic rings. The number of likely N-dealkylation sites (N-methyl/N-ethyl adjacent to an activating group) is 1. The number of thiocarbonyl (C=S) groups is 1. The van der Waals surface area contributed by atoms with Gasteiger partial charge in [0, 0.05) is 24.7 Å². The van der Waals surface area contributed by atoms with Gasteiger partial charge in [-0.15, -0.1) is 0 Å². The molecule has 3 rings (SSSR count). The molecule has 29 heavy (non-hydrogen) atoms. The Kier molecular flexibility index (Phi) is 6.00. The summed E-state index contributed by atoms with van der Waals surface area (Å²) < 4.78 is 11.1. The molecule has 0 aliphatic carbocycles. The molecule has 1 heterocycles. The second-order valence-corrected chi connectivity index (χ2v) is 6.88. The Morgan fingerprint density at radius 2 is 2.00 bits per heavy atom. The van der Waals surface area contributed by atoms with Gasteiger partial charge >= 0.3 is 0 Å². The molecule has 2 aromatic rings. The van der Waals surface area contributed by atoms with Crippen molar-refractivity contribution >= 4 is 46.6 Å². The fraction of sp³-hybridized carbons (Fsp3) is 0.158. The van der Waals surface area contributed by atoms with Crippen LogP contribution >= 0.6 is 23.8 Å². The average molecular weight is 434 g/mol. The number of halogens is 1. The van der Waals surface area contributed by atoms with Crippen LogP contribution in [-0.4, -0.2) is 35.0 Å². The first-order valence-corrected chi connectivity index (χ1v) is 9.13. The van der Waals surface area contributed by atoms with Gasteiger partial charge in [-0.1, -0.05) is 17.7 Å². The number of rotatable bonds is 6. The maximum atomic E-state index is 12.1. The minimum atomic E-state index is -0.531. The number of hydrogen-bond donors (Lipinski definition) is 1. The van der Waals surface area contributed by atoms with Crippen molar-refractivity contribution < 1.29 is 19.2 Å². The van der Waals surface area contributed by atoms with Gasteiger partial charge in [-0.2, -0.15) is 0 Å². The standard InChI is InChI=1S/C19H16ClN3O5S/c1-22-18(24)15(21-19(22)29)8-11-3-5-16(27-2)12(7-11)10-28-17-6-4-13(23(25)26)9-14(17)20/h3-9H,10H2,1-2H3,(H,21,29)/b15-8+. The molecular weight excluding hydrogens is 418 g/mol. The third kappa shape index (κ3) is 4.47. The minimum absolute atomic E-state index is 0.109. The molecule has 10 heteroatoms. The van der Waals surface area contributed by atoms with Crippen LogP contribution in [-0.2, 0) is 11.4 Å². The van der Waals surface area contributed by atoms with Gasteiger partial charge in [0.2, 0.25) is 0 Å². The molecule has 0 unspecified atom stereocenters. The van der Waals surface area contributed by atoms with Crippen LogP contribution in [0.2, 0.25) is 5.02 Å². The minimum Gasteiger partial charge on any atom is -0.496 e. The SMILES string of the molecule is COc1ccc(/C=C2/NC(=S)N(C)C2=O)cc1COc1ccc([N+](=O)[O-])cc1Cl. The van der Waals surface area contributed by atoms with E-state index < -0.39 is 4.92 Å². The number of amides is 1. The Labute approximate surface area is 176 Å². The largest absolute Gasteiger partial charge is 0.496 e. The second-order valence-electron chi connectivity index (χ2n) is 6.08. The third-order valence-corrected chi connectivity index (χ3v) is 4.88. The Morgan fingerprint density at radius 3 is 2.59 bits per heavy atom. The van der Waals surface area contributed by atoms with E-state index in [2.05, 4.69) is 5.32 Å². The van der Waals surface area contributed by atoms with Gasteiger partial charge in [0.15, 0.2) is 5.11 Å². The Morgan fingerprint density at radius 1 is 1.28 bits per heavy atom. The summed E-state index contributed by atoms with van der Waals surface area (Å²) in [5, 5.41) is 14.2.